The first kappa shape index (κ1) is 15.4. The van der Waals surface area contributed by atoms with Gasteiger partial charge in [-0.05, 0) is 25.0 Å². The smallest absolute Gasteiger partial charge is 0.321 e. The number of benzene rings is 1. The molecule has 1 aromatic carbocycles. The maximum atomic E-state index is 12.3. The molecule has 112 valence electrons. The van der Waals surface area contributed by atoms with E-state index in [1.165, 1.54) is 12.8 Å². The Balaban J connectivity index is 2.04. The average Bonchev–Trinajstić information content (AvgIpc) is 2.78. The maximum absolute atomic E-state index is 12.3. The lowest BCUT2D eigenvalue weighted by Crippen LogP contribution is -2.35. The Morgan fingerprint density at radius 1 is 1.19 bits per heavy atom. The first-order chi connectivity index (χ1) is 10.3. The van der Waals surface area contributed by atoms with E-state index in [0.29, 0.717) is 6.42 Å². The molecule has 1 aromatic rings. The fourth-order valence-electron chi connectivity index (χ4n) is 2.38. The highest BCUT2D eigenvalue weighted by molar-refractivity contribution is 5.90. The van der Waals surface area contributed by atoms with Gasteiger partial charge in [-0.15, -0.1) is 0 Å². The fraction of sp³-hybridized carbons (Fsp3) is 0.471. The molecule has 0 unspecified atom stereocenters. The average molecular weight is 286 g/mol. The zero-order chi connectivity index (χ0) is 14.9. The summed E-state index contributed by atoms with van der Waals surface area (Å²) in [4.78, 5) is 14.2. The number of hydrogen-bond acceptors (Lipinski definition) is 2. The standard InChI is InChI=1S/C17H22N2O2/c20-14-8-5-10-15-9-3-4-11-16(15)18-17(21)19-12-6-1-2-7-13-19/h3-4,9,11,20H,1-2,6-8,12-14H2,(H,18,21). The number of hydrogen-bond donors (Lipinski definition) is 2. The van der Waals surface area contributed by atoms with Gasteiger partial charge >= 0.3 is 6.03 Å². The molecule has 0 aliphatic carbocycles. The van der Waals surface area contributed by atoms with Crippen LogP contribution in [0.15, 0.2) is 24.3 Å². The van der Waals surface area contributed by atoms with Gasteiger partial charge < -0.3 is 15.3 Å². The van der Waals surface area contributed by atoms with Gasteiger partial charge in [0.05, 0.1) is 12.3 Å². The molecule has 0 spiro atoms. The van der Waals surface area contributed by atoms with Crippen LogP contribution in [0.2, 0.25) is 0 Å². The molecule has 4 heteroatoms. The van der Waals surface area contributed by atoms with Gasteiger partial charge in [0.15, 0.2) is 0 Å². The van der Waals surface area contributed by atoms with Crippen LogP contribution in [-0.4, -0.2) is 35.7 Å². The van der Waals surface area contributed by atoms with Gasteiger partial charge in [0.25, 0.3) is 0 Å². The van der Waals surface area contributed by atoms with Gasteiger partial charge in [0.1, 0.15) is 0 Å². The molecule has 0 atom stereocenters. The largest absolute Gasteiger partial charge is 0.395 e. The van der Waals surface area contributed by atoms with Gasteiger partial charge in [-0.1, -0.05) is 36.8 Å². The number of urea groups is 1. The molecular weight excluding hydrogens is 264 g/mol. The van der Waals surface area contributed by atoms with Crippen molar-refractivity contribution in [1.29, 1.82) is 0 Å². The van der Waals surface area contributed by atoms with E-state index in [9.17, 15) is 4.79 Å². The molecule has 2 N–H and O–H groups in total. The molecule has 0 saturated carbocycles. The number of anilines is 1. The normalized spacial score (nSPS) is 14.8. The van der Waals surface area contributed by atoms with Crippen LogP contribution in [0.4, 0.5) is 10.5 Å². The quantitative estimate of drug-likeness (QED) is 0.821. The highest BCUT2D eigenvalue weighted by atomic mass is 16.2. The molecule has 0 bridgehead atoms. The van der Waals surface area contributed by atoms with Crippen molar-refractivity contribution in [3.63, 3.8) is 0 Å². The second kappa shape index (κ2) is 8.33. The Morgan fingerprint density at radius 3 is 2.62 bits per heavy atom. The third-order valence-electron chi connectivity index (χ3n) is 3.52. The van der Waals surface area contributed by atoms with Crippen molar-refractivity contribution >= 4 is 11.7 Å². The number of carbonyl (C=O) groups excluding carboxylic acids is 1. The Kier molecular flexibility index (Phi) is 6.11. The number of likely N-dealkylation sites (tertiary alicyclic amines) is 1. The number of para-hydroxylation sites is 1. The SMILES string of the molecule is O=C(Nc1ccccc1C#CCCO)N1CCCCCC1. The van der Waals surface area contributed by atoms with Gasteiger partial charge in [-0.2, -0.15) is 0 Å². The highest BCUT2D eigenvalue weighted by Gasteiger charge is 2.16. The van der Waals surface area contributed by atoms with Crippen LogP contribution >= 0.6 is 0 Å². The second-order valence-corrected chi connectivity index (χ2v) is 5.15. The van der Waals surface area contributed by atoms with Crippen molar-refractivity contribution in [2.75, 3.05) is 25.0 Å². The lowest BCUT2D eigenvalue weighted by molar-refractivity contribution is 0.214. The minimum Gasteiger partial charge on any atom is -0.395 e. The Hall–Kier alpha value is -1.99. The number of amides is 2. The molecule has 1 fully saturated rings. The highest BCUT2D eigenvalue weighted by Crippen LogP contribution is 2.16. The monoisotopic (exact) mass is 286 g/mol. The van der Waals surface area contributed by atoms with E-state index in [2.05, 4.69) is 17.2 Å². The number of nitrogens with one attached hydrogen (secondary N) is 1. The first-order valence-corrected chi connectivity index (χ1v) is 7.56. The van der Waals surface area contributed by atoms with E-state index >= 15 is 0 Å². The van der Waals surface area contributed by atoms with Crippen LogP contribution in [0, 0.1) is 11.8 Å². The minimum atomic E-state index is -0.0479. The van der Waals surface area contributed by atoms with Crippen molar-refractivity contribution in [3.8, 4) is 11.8 Å². The summed E-state index contributed by atoms with van der Waals surface area (Å²) in [6, 6.07) is 7.47. The van der Waals surface area contributed by atoms with Gasteiger partial charge in [0, 0.05) is 25.1 Å². The van der Waals surface area contributed by atoms with Crippen LogP contribution in [0.25, 0.3) is 0 Å². The van der Waals surface area contributed by atoms with Crippen LogP contribution in [0.5, 0.6) is 0 Å². The molecule has 1 heterocycles. The van der Waals surface area contributed by atoms with Crippen molar-refractivity contribution in [3.05, 3.63) is 29.8 Å². The Bertz CT molecular complexity index is 523. The van der Waals surface area contributed by atoms with E-state index < -0.39 is 0 Å². The summed E-state index contributed by atoms with van der Waals surface area (Å²) in [5.74, 6) is 5.88. The van der Waals surface area contributed by atoms with Gasteiger partial charge in [-0.3, -0.25) is 0 Å². The lowest BCUT2D eigenvalue weighted by Gasteiger charge is -2.21. The molecule has 1 aliphatic rings. The lowest BCUT2D eigenvalue weighted by atomic mass is 10.2. The molecule has 0 radical (unpaired) electrons. The summed E-state index contributed by atoms with van der Waals surface area (Å²) >= 11 is 0. The predicted molar refractivity (Wildman–Crippen MR) is 84.1 cm³/mol. The molecule has 2 amide bonds. The van der Waals surface area contributed by atoms with Crippen molar-refractivity contribution in [2.45, 2.75) is 32.1 Å². The van der Waals surface area contributed by atoms with E-state index in [1.54, 1.807) is 0 Å². The van der Waals surface area contributed by atoms with Crippen molar-refractivity contribution in [1.82, 2.24) is 4.90 Å². The summed E-state index contributed by atoms with van der Waals surface area (Å²) in [6.45, 7) is 1.70. The molecule has 1 saturated heterocycles. The second-order valence-electron chi connectivity index (χ2n) is 5.15. The molecule has 2 rings (SSSR count). The van der Waals surface area contributed by atoms with Crippen LogP contribution in [0.1, 0.15) is 37.7 Å². The molecular formula is C17H22N2O2. The summed E-state index contributed by atoms with van der Waals surface area (Å²) in [6.07, 6.45) is 4.99. The summed E-state index contributed by atoms with van der Waals surface area (Å²) in [5, 5.41) is 11.7. The topological polar surface area (TPSA) is 52.6 Å². The van der Waals surface area contributed by atoms with Crippen molar-refractivity contribution < 1.29 is 9.90 Å². The molecule has 1 aliphatic heterocycles. The summed E-state index contributed by atoms with van der Waals surface area (Å²) < 4.78 is 0. The van der Waals surface area contributed by atoms with Crippen LogP contribution in [0.3, 0.4) is 0 Å². The predicted octanol–water partition coefficient (Wildman–Crippen LogP) is 2.83. The van der Waals surface area contributed by atoms with Gasteiger partial charge in [0.2, 0.25) is 0 Å². The first-order valence-electron chi connectivity index (χ1n) is 7.56. The third kappa shape index (κ3) is 4.80. The van der Waals surface area contributed by atoms with E-state index in [0.717, 1.165) is 37.2 Å². The minimum absolute atomic E-state index is 0.0479. The van der Waals surface area contributed by atoms with E-state index in [-0.39, 0.29) is 12.6 Å². The third-order valence-corrected chi connectivity index (χ3v) is 3.52. The zero-order valence-electron chi connectivity index (χ0n) is 12.3. The molecule has 21 heavy (non-hydrogen) atoms. The summed E-state index contributed by atoms with van der Waals surface area (Å²) in [5.41, 5.74) is 1.52. The maximum Gasteiger partial charge on any atom is 0.321 e. The van der Waals surface area contributed by atoms with Crippen molar-refractivity contribution in [2.24, 2.45) is 0 Å². The Morgan fingerprint density at radius 2 is 1.90 bits per heavy atom. The summed E-state index contributed by atoms with van der Waals surface area (Å²) in [7, 11) is 0. The number of aliphatic hydroxyl groups is 1. The number of carbonyl (C=O) groups is 1. The number of aliphatic hydroxyl groups excluding tert-OH is 1. The number of rotatable bonds is 2. The van der Waals surface area contributed by atoms with Crippen LogP contribution in [-0.2, 0) is 0 Å². The Labute approximate surface area is 126 Å². The van der Waals surface area contributed by atoms with E-state index in [1.807, 2.05) is 29.2 Å². The number of nitrogens with zero attached hydrogens (tertiary/aromatic N) is 1. The molecule has 0 aromatic heterocycles. The zero-order valence-corrected chi connectivity index (χ0v) is 12.3. The van der Waals surface area contributed by atoms with E-state index in [4.69, 9.17) is 5.11 Å². The van der Waals surface area contributed by atoms with Gasteiger partial charge in [-0.25, -0.2) is 4.79 Å². The fourth-order valence-corrected chi connectivity index (χ4v) is 2.38. The molecule has 4 nitrogen and oxygen atoms in total. The van der Waals surface area contributed by atoms with Crippen LogP contribution < -0.4 is 5.32 Å².